The van der Waals surface area contributed by atoms with Gasteiger partial charge in [-0.05, 0) is 18.2 Å². The summed E-state index contributed by atoms with van der Waals surface area (Å²) >= 11 is 0. The molecule has 1 aromatic carbocycles. The number of aromatic nitrogens is 2. The minimum atomic E-state index is -5.55. The molecule has 0 spiro atoms. The molecule has 0 saturated heterocycles. The Hall–Kier alpha value is -1.66. The van der Waals surface area contributed by atoms with Crippen LogP contribution in [0.1, 0.15) is 0 Å². The number of hydrogen-bond acceptors (Lipinski definition) is 5. The lowest BCUT2D eigenvalue weighted by atomic mass is 10.3. The van der Waals surface area contributed by atoms with Crippen molar-refractivity contribution < 1.29 is 34.6 Å². The van der Waals surface area contributed by atoms with Crippen LogP contribution < -0.4 is 0 Å². The van der Waals surface area contributed by atoms with E-state index in [1.165, 1.54) is 0 Å². The van der Waals surface area contributed by atoms with Crippen LogP contribution in [0.4, 0.5) is 13.2 Å². The van der Waals surface area contributed by atoms with Gasteiger partial charge in [0.05, 0.1) is 15.9 Å². The molecule has 0 aliphatic rings. The lowest BCUT2D eigenvalue weighted by Gasteiger charge is -2.07. The van der Waals surface area contributed by atoms with E-state index in [-0.39, 0.29) is 11.0 Å². The maximum atomic E-state index is 12.4. The lowest BCUT2D eigenvalue weighted by molar-refractivity contribution is -0.0435. The van der Waals surface area contributed by atoms with E-state index in [0.717, 1.165) is 6.07 Å². The fraction of sp³-hybridized carbons (Fsp3) is 0.125. The molecular weight excluding hydrogens is 325 g/mol. The fourth-order valence-corrected chi connectivity index (χ4v) is 2.63. The smallest absolute Gasteiger partial charge is 0.327 e. The summed E-state index contributed by atoms with van der Waals surface area (Å²) < 4.78 is 89.8. The first kappa shape index (κ1) is 14.7. The van der Waals surface area contributed by atoms with Crippen molar-refractivity contribution in [2.24, 2.45) is 0 Å². The van der Waals surface area contributed by atoms with E-state index in [1.54, 1.807) is 0 Å². The Morgan fingerprint density at radius 1 is 1.15 bits per heavy atom. The second-order valence-corrected chi connectivity index (χ2v) is 6.92. The monoisotopic (exact) mass is 330 g/mol. The van der Waals surface area contributed by atoms with Crippen LogP contribution in [0.2, 0.25) is 0 Å². The van der Waals surface area contributed by atoms with Crippen molar-refractivity contribution in [2.75, 3.05) is 0 Å². The quantitative estimate of drug-likeness (QED) is 0.796. The average Bonchev–Trinajstić information content (AvgIpc) is 2.69. The van der Waals surface area contributed by atoms with Crippen LogP contribution in [0.25, 0.3) is 11.0 Å². The molecule has 0 bridgehead atoms. The summed E-state index contributed by atoms with van der Waals surface area (Å²) in [5.74, 6) is 0. The van der Waals surface area contributed by atoms with Crippen LogP contribution in [0.3, 0.4) is 0 Å². The van der Waals surface area contributed by atoms with Gasteiger partial charge in [0.25, 0.3) is 15.0 Å². The van der Waals surface area contributed by atoms with Gasteiger partial charge in [-0.3, -0.25) is 4.55 Å². The number of nitrogens with zero attached hydrogens (tertiary/aromatic N) is 1. The predicted octanol–water partition coefficient (Wildman–Crippen LogP) is 1.10. The van der Waals surface area contributed by atoms with Gasteiger partial charge in [-0.2, -0.15) is 21.6 Å². The summed E-state index contributed by atoms with van der Waals surface area (Å²) in [5.41, 5.74) is -5.87. The normalized spacial score (nSPS) is 13.8. The second kappa shape index (κ2) is 4.17. The van der Waals surface area contributed by atoms with Gasteiger partial charge in [0.1, 0.15) is 0 Å². The predicted molar refractivity (Wildman–Crippen MR) is 59.1 cm³/mol. The number of hydrogen-bond donors (Lipinski definition) is 2. The maximum absolute atomic E-state index is 12.4. The van der Waals surface area contributed by atoms with Gasteiger partial charge >= 0.3 is 15.6 Å². The zero-order chi connectivity index (χ0) is 15.3. The summed E-state index contributed by atoms with van der Waals surface area (Å²) in [6, 6.07) is 2.11. The molecular formula is C8H5F3N2O5S2. The highest BCUT2D eigenvalue weighted by atomic mass is 32.2. The van der Waals surface area contributed by atoms with Crippen LogP contribution in [0.15, 0.2) is 28.3 Å². The Morgan fingerprint density at radius 2 is 1.75 bits per heavy atom. The average molecular weight is 330 g/mol. The number of sulfone groups is 1. The van der Waals surface area contributed by atoms with Crippen molar-refractivity contribution in [3.05, 3.63) is 18.2 Å². The number of aromatic amines is 1. The standard InChI is InChI=1S/C8H5F3N2O5S2/c9-8(10,11)19(14,15)4-1-2-5-6(3-4)13-7(12-5)20(16,17)18/h1-3H,(H,12,13)(H,16,17,18). The fourth-order valence-electron chi connectivity index (χ4n) is 1.39. The minimum Gasteiger partial charge on any atom is -0.327 e. The molecule has 0 aliphatic heterocycles. The van der Waals surface area contributed by atoms with Gasteiger partial charge in [-0.1, -0.05) is 0 Å². The Bertz CT molecular complexity index is 882. The first-order chi connectivity index (χ1) is 8.93. The third-order valence-corrected chi connectivity index (χ3v) is 4.46. The summed E-state index contributed by atoms with van der Waals surface area (Å²) in [6.07, 6.45) is 0. The minimum absolute atomic E-state index is 0.112. The third kappa shape index (κ3) is 2.36. The van der Waals surface area contributed by atoms with Crippen molar-refractivity contribution >= 4 is 31.0 Å². The van der Waals surface area contributed by atoms with Crippen molar-refractivity contribution in [2.45, 2.75) is 15.6 Å². The third-order valence-electron chi connectivity index (χ3n) is 2.29. The maximum Gasteiger partial charge on any atom is 0.501 e. The van der Waals surface area contributed by atoms with Gasteiger partial charge in [0, 0.05) is 0 Å². The molecule has 0 unspecified atom stereocenters. The number of rotatable bonds is 2. The van der Waals surface area contributed by atoms with E-state index >= 15 is 0 Å². The van der Waals surface area contributed by atoms with Crippen LogP contribution in [0.5, 0.6) is 0 Å². The lowest BCUT2D eigenvalue weighted by Crippen LogP contribution is -2.23. The highest BCUT2D eigenvalue weighted by Gasteiger charge is 2.47. The van der Waals surface area contributed by atoms with Crippen LogP contribution in [-0.2, 0) is 20.0 Å². The number of alkyl halides is 3. The molecule has 0 radical (unpaired) electrons. The number of fused-ring (bicyclic) bond motifs is 1. The molecule has 0 saturated carbocycles. The Morgan fingerprint density at radius 3 is 2.25 bits per heavy atom. The topological polar surface area (TPSA) is 117 Å². The molecule has 2 N–H and O–H groups in total. The molecule has 2 aromatic rings. The Kier molecular flexibility index (Phi) is 3.07. The summed E-state index contributed by atoms with van der Waals surface area (Å²) in [4.78, 5) is 4.35. The first-order valence-electron chi connectivity index (χ1n) is 4.71. The molecule has 1 aromatic heterocycles. The number of H-pyrrole nitrogens is 1. The molecule has 1 heterocycles. The van der Waals surface area contributed by atoms with Gasteiger partial charge in [-0.15, -0.1) is 0 Å². The van der Waals surface area contributed by atoms with E-state index < -0.39 is 35.5 Å². The first-order valence-corrected chi connectivity index (χ1v) is 7.64. The molecule has 2 rings (SSSR count). The number of halogens is 3. The van der Waals surface area contributed by atoms with E-state index in [4.69, 9.17) is 4.55 Å². The highest BCUT2D eigenvalue weighted by Crippen LogP contribution is 2.31. The molecule has 0 atom stereocenters. The SMILES string of the molecule is O=S(=O)(O)c1nc2ccc(S(=O)(=O)C(F)(F)F)cc2[nH]1. The van der Waals surface area contributed by atoms with Gasteiger partial charge < -0.3 is 4.98 Å². The molecule has 7 nitrogen and oxygen atoms in total. The van der Waals surface area contributed by atoms with Crippen molar-refractivity contribution in [1.29, 1.82) is 0 Å². The largest absolute Gasteiger partial charge is 0.501 e. The molecule has 0 amide bonds. The molecule has 20 heavy (non-hydrogen) atoms. The Labute approximate surface area is 110 Å². The van der Waals surface area contributed by atoms with E-state index in [0.29, 0.717) is 12.1 Å². The number of imidazole rings is 1. The van der Waals surface area contributed by atoms with E-state index in [2.05, 4.69) is 4.98 Å². The zero-order valence-corrected chi connectivity index (χ0v) is 10.8. The molecule has 0 aliphatic carbocycles. The highest BCUT2D eigenvalue weighted by molar-refractivity contribution is 7.92. The Balaban J connectivity index is 2.67. The van der Waals surface area contributed by atoms with E-state index in [9.17, 15) is 30.0 Å². The van der Waals surface area contributed by atoms with Crippen molar-refractivity contribution in [3.63, 3.8) is 0 Å². The van der Waals surface area contributed by atoms with Gasteiger partial charge in [0.15, 0.2) is 0 Å². The van der Waals surface area contributed by atoms with Gasteiger partial charge in [0.2, 0.25) is 0 Å². The molecule has 12 heteroatoms. The van der Waals surface area contributed by atoms with Crippen LogP contribution >= 0.6 is 0 Å². The summed E-state index contributed by atoms with van der Waals surface area (Å²) in [6.45, 7) is 0. The van der Waals surface area contributed by atoms with Crippen LogP contribution in [-0.4, -0.2) is 36.9 Å². The van der Waals surface area contributed by atoms with Crippen molar-refractivity contribution in [3.8, 4) is 0 Å². The van der Waals surface area contributed by atoms with Gasteiger partial charge in [-0.25, -0.2) is 13.4 Å². The summed E-state index contributed by atoms with van der Waals surface area (Å²) in [5, 5.41) is -0.894. The summed E-state index contributed by atoms with van der Waals surface area (Å²) in [7, 11) is -10.2. The van der Waals surface area contributed by atoms with E-state index in [1.807, 2.05) is 4.98 Å². The zero-order valence-electron chi connectivity index (χ0n) is 9.21. The number of benzene rings is 1. The van der Waals surface area contributed by atoms with Crippen molar-refractivity contribution in [1.82, 2.24) is 9.97 Å². The molecule has 110 valence electrons. The second-order valence-electron chi connectivity index (χ2n) is 3.65. The van der Waals surface area contributed by atoms with Crippen LogP contribution in [0, 0.1) is 0 Å². The number of nitrogens with one attached hydrogen (secondary N) is 1. The molecule has 0 fully saturated rings.